The predicted octanol–water partition coefficient (Wildman–Crippen LogP) is 0.967. The van der Waals surface area contributed by atoms with Crippen LogP contribution in [-0.2, 0) is 9.59 Å². The van der Waals surface area contributed by atoms with Gasteiger partial charge in [0.15, 0.2) is 0 Å². The van der Waals surface area contributed by atoms with Gasteiger partial charge in [0, 0.05) is 18.9 Å². The van der Waals surface area contributed by atoms with Crippen LogP contribution in [0.5, 0.6) is 0 Å². The van der Waals surface area contributed by atoms with Crippen LogP contribution in [-0.4, -0.2) is 34.5 Å². The first-order chi connectivity index (χ1) is 7.51. The van der Waals surface area contributed by atoms with Crippen molar-refractivity contribution >= 4 is 11.9 Å². The summed E-state index contributed by atoms with van der Waals surface area (Å²) in [5, 5.41) is 9.17. The lowest BCUT2D eigenvalue weighted by molar-refractivity contribution is -0.150. The molecule has 4 heteroatoms. The Hall–Kier alpha value is -1.50. The highest BCUT2D eigenvalue weighted by atomic mass is 16.4. The Morgan fingerprint density at radius 2 is 2.38 bits per heavy atom. The van der Waals surface area contributed by atoms with E-state index in [9.17, 15) is 9.59 Å². The molecule has 1 aliphatic heterocycles. The average Bonchev–Trinajstić information content (AvgIpc) is 2.59. The molecule has 3 atom stereocenters. The van der Waals surface area contributed by atoms with Gasteiger partial charge in [0.25, 0.3) is 0 Å². The first-order valence-corrected chi connectivity index (χ1v) is 5.49. The van der Waals surface area contributed by atoms with Gasteiger partial charge in [-0.15, -0.1) is 12.3 Å². The van der Waals surface area contributed by atoms with Crippen LogP contribution in [0.1, 0.15) is 26.7 Å². The lowest BCUT2D eigenvalue weighted by Gasteiger charge is -2.28. The van der Waals surface area contributed by atoms with E-state index in [0.717, 1.165) is 6.42 Å². The molecule has 0 bridgehead atoms. The number of hydrogen-bond acceptors (Lipinski definition) is 2. The van der Waals surface area contributed by atoms with Crippen LogP contribution in [0, 0.1) is 24.2 Å². The Kier molecular flexibility index (Phi) is 3.94. The van der Waals surface area contributed by atoms with Crippen LogP contribution in [0.3, 0.4) is 0 Å². The molecule has 1 saturated heterocycles. The number of hydrogen-bond donors (Lipinski definition) is 1. The summed E-state index contributed by atoms with van der Waals surface area (Å²) in [7, 11) is 0. The van der Waals surface area contributed by atoms with Crippen molar-refractivity contribution in [1.82, 2.24) is 4.90 Å². The van der Waals surface area contributed by atoms with E-state index in [0.29, 0.717) is 6.54 Å². The van der Waals surface area contributed by atoms with Crippen LogP contribution in [0.25, 0.3) is 0 Å². The predicted molar refractivity (Wildman–Crippen MR) is 59.5 cm³/mol. The Morgan fingerprint density at radius 1 is 1.75 bits per heavy atom. The fourth-order valence-electron chi connectivity index (χ4n) is 2.02. The van der Waals surface area contributed by atoms with Gasteiger partial charge in [-0.1, -0.05) is 20.3 Å². The van der Waals surface area contributed by atoms with Gasteiger partial charge < -0.3 is 10.0 Å². The summed E-state index contributed by atoms with van der Waals surface area (Å²) in [5.74, 6) is 1.23. The van der Waals surface area contributed by atoms with E-state index in [4.69, 9.17) is 11.5 Å². The topological polar surface area (TPSA) is 57.6 Å². The van der Waals surface area contributed by atoms with Crippen LogP contribution < -0.4 is 0 Å². The summed E-state index contributed by atoms with van der Waals surface area (Å²) in [6.45, 7) is 4.13. The number of terminal acetylenes is 1. The molecule has 0 spiro atoms. The molecular weight excluding hydrogens is 206 g/mol. The SMILES string of the molecule is C#CC1CC(=O)N(C(C(=O)O)C(C)CC)C1. The third kappa shape index (κ3) is 2.35. The highest BCUT2D eigenvalue weighted by molar-refractivity contribution is 5.85. The minimum atomic E-state index is -0.944. The molecule has 0 saturated carbocycles. The van der Waals surface area contributed by atoms with Gasteiger partial charge in [0.1, 0.15) is 6.04 Å². The van der Waals surface area contributed by atoms with Gasteiger partial charge in [-0.2, -0.15) is 0 Å². The zero-order valence-corrected chi connectivity index (χ0v) is 9.64. The zero-order valence-electron chi connectivity index (χ0n) is 9.64. The van der Waals surface area contributed by atoms with Gasteiger partial charge in [-0.05, 0) is 5.92 Å². The van der Waals surface area contributed by atoms with Gasteiger partial charge in [0.05, 0.1) is 0 Å². The van der Waals surface area contributed by atoms with E-state index >= 15 is 0 Å². The largest absolute Gasteiger partial charge is 0.480 e. The van der Waals surface area contributed by atoms with Crippen LogP contribution in [0.2, 0.25) is 0 Å². The minimum absolute atomic E-state index is 0.0574. The van der Waals surface area contributed by atoms with E-state index in [-0.39, 0.29) is 24.2 Å². The maximum Gasteiger partial charge on any atom is 0.326 e. The van der Waals surface area contributed by atoms with Crippen molar-refractivity contribution in [2.75, 3.05) is 6.54 Å². The smallest absolute Gasteiger partial charge is 0.326 e. The lowest BCUT2D eigenvalue weighted by Crippen LogP contribution is -2.46. The number of carbonyl (C=O) groups excluding carboxylic acids is 1. The maximum absolute atomic E-state index is 11.7. The molecule has 1 rings (SSSR count). The van der Waals surface area contributed by atoms with Gasteiger partial charge in [0.2, 0.25) is 5.91 Å². The molecular formula is C12H17NO3. The van der Waals surface area contributed by atoms with E-state index < -0.39 is 12.0 Å². The lowest BCUT2D eigenvalue weighted by atomic mass is 9.98. The summed E-state index contributed by atoms with van der Waals surface area (Å²) >= 11 is 0. The first-order valence-electron chi connectivity index (χ1n) is 5.49. The summed E-state index contributed by atoms with van der Waals surface area (Å²) in [6, 6.07) is -0.740. The summed E-state index contributed by atoms with van der Waals surface area (Å²) in [6.07, 6.45) is 6.26. The summed E-state index contributed by atoms with van der Waals surface area (Å²) < 4.78 is 0. The molecule has 1 amide bonds. The second kappa shape index (κ2) is 5.02. The Bertz CT molecular complexity index is 332. The molecule has 1 heterocycles. The molecule has 1 N–H and O–H groups in total. The molecule has 1 aliphatic rings. The second-order valence-electron chi connectivity index (χ2n) is 4.28. The van der Waals surface area contributed by atoms with E-state index in [1.165, 1.54) is 4.90 Å². The van der Waals surface area contributed by atoms with Crippen molar-refractivity contribution in [3.63, 3.8) is 0 Å². The third-order valence-electron chi connectivity index (χ3n) is 3.17. The Balaban J connectivity index is 2.85. The number of amides is 1. The van der Waals surface area contributed by atoms with Crippen LogP contribution in [0.15, 0.2) is 0 Å². The maximum atomic E-state index is 11.7. The summed E-state index contributed by atoms with van der Waals surface area (Å²) in [5.41, 5.74) is 0. The molecule has 0 radical (unpaired) electrons. The fourth-order valence-corrected chi connectivity index (χ4v) is 2.02. The van der Waals surface area contributed by atoms with Crippen LogP contribution in [0.4, 0.5) is 0 Å². The zero-order chi connectivity index (χ0) is 12.3. The van der Waals surface area contributed by atoms with Crippen molar-refractivity contribution in [2.24, 2.45) is 11.8 Å². The number of carboxylic acids is 1. The number of nitrogens with zero attached hydrogens (tertiary/aromatic N) is 1. The molecule has 88 valence electrons. The quantitative estimate of drug-likeness (QED) is 0.722. The number of rotatable bonds is 4. The molecule has 1 fully saturated rings. The number of likely N-dealkylation sites (tertiary alicyclic amines) is 1. The molecule has 0 aliphatic carbocycles. The highest BCUT2D eigenvalue weighted by Crippen LogP contribution is 2.24. The minimum Gasteiger partial charge on any atom is -0.480 e. The monoisotopic (exact) mass is 223 g/mol. The molecule has 0 aromatic heterocycles. The number of aliphatic carboxylic acids is 1. The normalized spacial score (nSPS) is 23.9. The fraction of sp³-hybridized carbons (Fsp3) is 0.667. The number of carboxylic acid groups (broad SMARTS) is 1. The van der Waals surface area contributed by atoms with Crippen molar-refractivity contribution in [2.45, 2.75) is 32.7 Å². The van der Waals surface area contributed by atoms with E-state index in [2.05, 4.69) is 5.92 Å². The Labute approximate surface area is 95.6 Å². The molecule has 0 aromatic rings. The van der Waals surface area contributed by atoms with E-state index in [1.54, 1.807) is 0 Å². The first kappa shape index (κ1) is 12.6. The standard InChI is InChI=1S/C12H17NO3/c1-4-8(3)11(12(15)16)13-7-9(5-2)6-10(13)14/h2,8-9,11H,4,6-7H2,1,3H3,(H,15,16). The van der Waals surface area contributed by atoms with Crippen molar-refractivity contribution in [1.29, 1.82) is 0 Å². The molecule has 3 unspecified atom stereocenters. The second-order valence-corrected chi connectivity index (χ2v) is 4.28. The third-order valence-corrected chi connectivity index (χ3v) is 3.17. The van der Waals surface area contributed by atoms with Crippen molar-refractivity contribution < 1.29 is 14.7 Å². The van der Waals surface area contributed by atoms with Crippen molar-refractivity contribution in [3.8, 4) is 12.3 Å². The Morgan fingerprint density at radius 3 is 2.75 bits per heavy atom. The van der Waals surface area contributed by atoms with E-state index in [1.807, 2.05) is 13.8 Å². The van der Waals surface area contributed by atoms with Gasteiger partial charge in [-0.25, -0.2) is 4.79 Å². The number of carbonyl (C=O) groups is 2. The van der Waals surface area contributed by atoms with Crippen LogP contribution >= 0.6 is 0 Å². The molecule has 16 heavy (non-hydrogen) atoms. The van der Waals surface area contributed by atoms with Crippen molar-refractivity contribution in [3.05, 3.63) is 0 Å². The van der Waals surface area contributed by atoms with Gasteiger partial charge >= 0.3 is 5.97 Å². The molecule has 0 aromatic carbocycles. The van der Waals surface area contributed by atoms with Gasteiger partial charge in [-0.3, -0.25) is 4.79 Å². The summed E-state index contributed by atoms with van der Waals surface area (Å²) in [4.78, 5) is 24.3. The highest BCUT2D eigenvalue weighted by Gasteiger charge is 2.39. The molecule has 4 nitrogen and oxygen atoms in total. The average molecular weight is 223 g/mol.